The number of alkyl halides is 4. The topological polar surface area (TPSA) is 0 Å². The highest BCUT2D eigenvalue weighted by Gasteiger charge is 2.51. The van der Waals surface area contributed by atoms with Gasteiger partial charge < -0.3 is 0 Å². The Balaban J connectivity index is 2.93. The van der Waals surface area contributed by atoms with E-state index in [1.807, 2.05) is 6.08 Å². The molecule has 0 amide bonds. The van der Waals surface area contributed by atoms with E-state index in [2.05, 4.69) is 70.3 Å². The highest BCUT2D eigenvalue weighted by atomic mass is 79.9. The van der Waals surface area contributed by atoms with Gasteiger partial charge in [0.1, 0.15) is 3.23 Å². The summed E-state index contributed by atoms with van der Waals surface area (Å²) in [6.45, 7) is 3.86. The molecule has 0 aliphatic heterocycles. The maximum absolute atomic E-state index is 3.86. The van der Waals surface area contributed by atoms with Gasteiger partial charge in [0.25, 0.3) is 0 Å². The molecule has 4 heteroatoms. The van der Waals surface area contributed by atoms with Crippen LogP contribution in [0.2, 0.25) is 0 Å². The molecule has 0 radical (unpaired) electrons. The van der Waals surface area contributed by atoms with Crippen molar-refractivity contribution in [2.75, 3.05) is 0 Å². The Morgan fingerprint density at radius 3 is 2.33 bits per heavy atom. The van der Waals surface area contributed by atoms with E-state index in [9.17, 15) is 0 Å². The van der Waals surface area contributed by atoms with Crippen LogP contribution in [-0.4, -0.2) is 12.4 Å². The Morgan fingerprint density at radius 1 is 1.33 bits per heavy atom. The van der Waals surface area contributed by atoms with Crippen LogP contribution in [0, 0.1) is 0 Å². The smallest absolute Gasteiger partial charge is 0.102 e. The lowest BCUT2D eigenvalue weighted by Crippen LogP contribution is -2.48. The van der Waals surface area contributed by atoms with E-state index >= 15 is 0 Å². The summed E-state index contributed by atoms with van der Waals surface area (Å²) in [5.41, 5.74) is 0. The third-order valence-corrected chi connectivity index (χ3v) is 9.57. The first-order chi connectivity index (χ1) is 5.44. The number of halogens is 4. The summed E-state index contributed by atoms with van der Waals surface area (Å²) in [7, 11) is 0. The summed E-state index contributed by atoms with van der Waals surface area (Å²) in [5.74, 6) is 0. The fraction of sp³-hybridized carbons (Fsp3) is 0.750. The lowest BCUT2D eigenvalue weighted by Gasteiger charge is -2.44. The monoisotopic (exact) mass is 422 g/mol. The lowest BCUT2D eigenvalue weighted by atomic mass is 9.89. The van der Waals surface area contributed by atoms with Crippen molar-refractivity contribution in [3.8, 4) is 0 Å². The van der Waals surface area contributed by atoms with Gasteiger partial charge in [-0.25, -0.2) is 0 Å². The molecular weight excluding hydrogens is 416 g/mol. The van der Waals surface area contributed by atoms with E-state index in [0.29, 0.717) is 4.83 Å². The van der Waals surface area contributed by atoms with E-state index in [4.69, 9.17) is 0 Å². The van der Waals surface area contributed by atoms with E-state index < -0.39 is 0 Å². The molecule has 12 heavy (non-hydrogen) atoms. The van der Waals surface area contributed by atoms with Crippen LogP contribution in [0.1, 0.15) is 19.3 Å². The van der Waals surface area contributed by atoms with Gasteiger partial charge in [-0.15, -0.1) is 6.58 Å². The molecule has 0 aromatic rings. The predicted octanol–water partition coefficient (Wildman–Crippen LogP) is 4.74. The molecule has 1 aliphatic rings. The Labute approximate surface area is 107 Å². The third kappa shape index (κ3) is 1.86. The number of hydrogen-bond acceptors (Lipinski definition) is 0. The molecule has 70 valence electrons. The van der Waals surface area contributed by atoms with Crippen LogP contribution in [0.15, 0.2) is 12.7 Å². The molecular formula is C8H10Br4. The quantitative estimate of drug-likeness (QED) is 0.420. The Bertz CT molecular complexity index is 189. The molecule has 1 fully saturated rings. The van der Waals surface area contributed by atoms with Gasteiger partial charge in [0.15, 0.2) is 0 Å². The molecule has 1 rings (SSSR count). The van der Waals surface area contributed by atoms with Gasteiger partial charge in [-0.2, -0.15) is 0 Å². The molecule has 0 saturated heterocycles. The fourth-order valence-electron chi connectivity index (χ4n) is 1.38. The maximum Gasteiger partial charge on any atom is 0.112 e. The van der Waals surface area contributed by atoms with Crippen molar-refractivity contribution < 1.29 is 0 Å². The summed E-state index contributed by atoms with van der Waals surface area (Å²) >= 11 is 14.8. The molecule has 1 aliphatic carbocycles. The summed E-state index contributed by atoms with van der Waals surface area (Å²) in [5, 5.41) is 0. The molecule has 0 N–H and O–H groups in total. The summed E-state index contributed by atoms with van der Waals surface area (Å²) < 4.78 is -0.167. The zero-order valence-electron chi connectivity index (χ0n) is 6.49. The van der Waals surface area contributed by atoms with Crippen LogP contribution in [0.4, 0.5) is 0 Å². The van der Waals surface area contributed by atoms with Crippen molar-refractivity contribution in [2.24, 2.45) is 0 Å². The molecule has 0 aromatic carbocycles. The Morgan fingerprint density at radius 2 is 1.92 bits per heavy atom. The Hall–Kier alpha value is 1.66. The van der Waals surface area contributed by atoms with Crippen LogP contribution < -0.4 is 0 Å². The largest absolute Gasteiger partial charge is 0.112 e. The average molecular weight is 426 g/mol. The van der Waals surface area contributed by atoms with E-state index in [0.717, 1.165) is 6.42 Å². The van der Waals surface area contributed by atoms with Crippen LogP contribution >= 0.6 is 63.7 Å². The van der Waals surface area contributed by atoms with Gasteiger partial charge in [-0.05, 0) is 12.8 Å². The highest BCUT2D eigenvalue weighted by molar-refractivity contribution is 9.27. The SMILES string of the molecule is C=CC1(Br)CCCC(Br)C1(Br)Br. The van der Waals surface area contributed by atoms with E-state index in [-0.39, 0.29) is 7.56 Å². The second kappa shape index (κ2) is 4.03. The summed E-state index contributed by atoms with van der Waals surface area (Å²) in [4.78, 5) is 0.427. The predicted molar refractivity (Wildman–Crippen MR) is 69.0 cm³/mol. The first kappa shape index (κ1) is 11.7. The van der Waals surface area contributed by atoms with Gasteiger partial charge in [0, 0.05) is 4.83 Å². The second-order valence-electron chi connectivity index (χ2n) is 3.05. The van der Waals surface area contributed by atoms with Crippen molar-refractivity contribution in [3.63, 3.8) is 0 Å². The molecule has 0 spiro atoms. The Kier molecular flexibility index (Phi) is 3.94. The van der Waals surface area contributed by atoms with Crippen LogP contribution in [0.25, 0.3) is 0 Å². The molecule has 2 unspecified atom stereocenters. The van der Waals surface area contributed by atoms with Crippen LogP contribution in [-0.2, 0) is 0 Å². The van der Waals surface area contributed by atoms with E-state index in [1.165, 1.54) is 12.8 Å². The van der Waals surface area contributed by atoms with Crippen LogP contribution in [0.3, 0.4) is 0 Å². The highest BCUT2D eigenvalue weighted by Crippen LogP contribution is 2.56. The maximum atomic E-state index is 3.86. The average Bonchev–Trinajstić information content (AvgIpc) is 2.01. The van der Waals surface area contributed by atoms with Crippen molar-refractivity contribution >= 4 is 63.7 Å². The third-order valence-electron chi connectivity index (χ3n) is 2.27. The van der Waals surface area contributed by atoms with Gasteiger partial charge in [0.2, 0.25) is 0 Å². The molecule has 0 bridgehead atoms. The molecule has 0 aromatic heterocycles. The van der Waals surface area contributed by atoms with Crippen molar-refractivity contribution in [1.82, 2.24) is 0 Å². The lowest BCUT2D eigenvalue weighted by molar-refractivity contribution is 0.474. The standard InChI is InChI=1S/C8H10Br4/c1-2-7(10)5-3-4-6(9)8(7,11)12/h2,6H,1,3-5H2. The number of allylic oxidation sites excluding steroid dienone is 1. The van der Waals surface area contributed by atoms with Crippen molar-refractivity contribution in [2.45, 2.75) is 31.6 Å². The molecule has 1 saturated carbocycles. The normalized spacial score (nSPS) is 40.8. The van der Waals surface area contributed by atoms with Gasteiger partial charge in [-0.3, -0.25) is 0 Å². The first-order valence-corrected chi connectivity index (χ1v) is 7.08. The van der Waals surface area contributed by atoms with Crippen molar-refractivity contribution in [3.05, 3.63) is 12.7 Å². The van der Waals surface area contributed by atoms with Crippen molar-refractivity contribution in [1.29, 1.82) is 0 Å². The minimum atomic E-state index is -0.118. The van der Waals surface area contributed by atoms with Gasteiger partial charge in [0.05, 0.1) is 4.32 Å². The van der Waals surface area contributed by atoms with E-state index in [1.54, 1.807) is 0 Å². The number of rotatable bonds is 1. The fourth-order valence-corrected chi connectivity index (χ4v) is 4.16. The molecule has 0 nitrogen and oxygen atoms in total. The summed E-state index contributed by atoms with van der Waals surface area (Å²) in [6, 6.07) is 0. The van der Waals surface area contributed by atoms with Gasteiger partial charge >= 0.3 is 0 Å². The molecule has 2 atom stereocenters. The number of hydrogen-bond donors (Lipinski definition) is 0. The minimum absolute atomic E-state index is 0.0492. The second-order valence-corrected chi connectivity index (χ2v) is 9.14. The van der Waals surface area contributed by atoms with Gasteiger partial charge in [-0.1, -0.05) is 76.2 Å². The minimum Gasteiger partial charge on any atom is -0.102 e. The zero-order chi connectivity index (χ0) is 9.41. The van der Waals surface area contributed by atoms with Crippen LogP contribution in [0.5, 0.6) is 0 Å². The first-order valence-electron chi connectivity index (χ1n) is 3.78. The molecule has 0 heterocycles. The summed E-state index contributed by atoms with van der Waals surface area (Å²) in [6.07, 6.45) is 5.46. The zero-order valence-corrected chi connectivity index (χ0v) is 12.8.